The minimum atomic E-state index is 0.685. The fourth-order valence-electron chi connectivity index (χ4n) is 3.07. The summed E-state index contributed by atoms with van der Waals surface area (Å²) in [5.41, 5.74) is 3.00. The van der Waals surface area contributed by atoms with Crippen molar-refractivity contribution >= 4 is 22.7 Å². The highest BCUT2D eigenvalue weighted by atomic mass is 32.2. The van der Waals surface area contributed by atoms with Crippen LogP contribution in [0.3, 0.4) is 0 Å². The van der Waals surface area contributed by atoms with Crippen LogP contribution in [0.25, 0.3) is 28.2 Å². The van der Waals surface area contributed by atoms with Crippen LogP contribution in [0.4, 0.5) is 0 Å². The number of benzene rings is 2. The van der Waals surface area contributed by atoms with E-state index in [0.717, 1.165) is 27.4 Å². The maximum absolute atomic E-state index is 5.56. The third-order valence-corrected chi connectivity index (χ3v) is 5.36. The summed E-state index contributed by atoms with van der Waals surface area (Å²) >= 11 is 1.61. The highest BCUT2D eigenvalue weighted by Crippen LogP contribution is 2.29. The predicted molar refractivity (Wildman–Crippen MR) is 110 cm³/mol. The summed E-state index contributed by atoms with van der Waals surface area (Å²) in [5, 5.41) is 10.7. The quantitative estimate of drug-likeness (QED) is 0.381. The van der Waals surface area contributed by atoms with Crippen LogP contribution < -0.4 is 0 Å². The van der Waals surface area contributed by atoms with Crippen LogP contribution in [-0.2, 0) is 5.75 Å². The number of rotatable bonds is 5. The number of aromatic nitrogens is 4. The molecule has 0 aliphatic rings. The Morgan fingerprint density at radius 1 is 0.821 bits per heavy atom. The number of pyridine rings is 1. The van der Waals surface area contributed by atoms with Gasteiger partial charge in [0.1, 0.15) is 0 Å². The SMILES string of the molecule is c1ccc(-n2c(SCc3ccc4ccccc4n3)nnc2-c2ccco2)cc1. The molecule has 0 bridgehead atoms. The van der Waals surface area contributed by atoms with E-state index in [1.54, 1.807) is 18.0 Å². The van der Waals surface area contributed by atoms with Crippen LogP contribution in [0, 0.1) is 0 Å². The van der Waals surface area contributed by atoms with Crippen molar-refractivity contribution in [1.82, 2.24) is 19.7 Å². The number of thioether (sulfide) groups is 1. The Balaban J connectivity index is 1.49. The second kappa shape index (κ2) is 7.32. The van der Waals surface area contributed by atoms with Gasteiger partial charge in [-0.05, 0) is 36.4 Å². The van der Waals surface area contributed by atoms with Gasteiger partial charge in [0.15, 0.2) is 10.9 Å². The molecule has 0 aliphatic carbocycles. The van der Waals surface area contributed by atoms with Crippen LogP contribution in [0.2, 0.25) is 0 Å². The molecule has 5 nitrogen and oxygen atoms in total. The van der Waals surface area contributed by atoms with E-state index in [-0.39, 0.29) is 0 Å². The summed E-state index contributed by atoms with van der Waals surface area (Å²) < 4.78 is 7.58. The monoisotopic (exact) mass is 384 g/mol. The van der Waals surface area contributed by atoms with E-state index in [2.05, 4.69) is 28.4 Å². The zero-order chi connectivity index (χ0) is 18.8. The molecule has 0 saturated heterocycles. The van der Waals surface area contributed by atoms with E-state index in [1.807, 2.05) is 65.2 Å². The number of hydrogen-bond donors (Lipinski definition) is 0. The average molecular weight is 384 g/mol. The van der Waals surface area contributed by atoms with Gasteiger partial charge < -0.3 is 4.42 Å². The van der Waals surface area contributed by atoms with Gasteiger partial charge in [-0.25, -0.2) is 0 Å². The zero-order valence-corrected chi connectivity index (χ0v) is 15.7. The van der Waals surface area contributed by atoms with Gasteiger partial charge in [0.2, 0.25) is 5.82 Å². The van der Waals surface area contributed by atoms with Crippen LogP contribution in [0.15, 0.2) is 94.7 Å². The van der Waals surface area contributed by atoms with Crippen molar-refractivity contribution in [2.75, 3.05) is 0 Å². The maximum atomic E-state index is 5.56. The first-order chi connectivity index (χ1) is 13.9. The smallest absolute Gasteiger partial charge is 0.205 e. The second-order valence-corrected chi connectivity index (χ2v) is 7.18. The Morgan fingerprint density at radius 3 is 2.54 bits per heavy atom. The summed E-state index contributed by atoms with van der Waals surface area (Å²) in [5.74, 6) is 2.07. The Hall–Kier alpha value is -3.38. The molecule has 3 heterocycles. The van der Waals surface area contributed by atoms with Gasteiger partial charge in [-0.2, -0.15) is 0 Å². The van der Waals surface area contributed by atoms with Gasteiger partial charge >= 0.3 is 0 Å². The molecular formula is C22H16N4OS. The molecule has 0 N–H and O–H groups in total. The van der Waals surface area contributed by atoms with Crippen LogP contribution >= 0.6 is 11.8 Å². The molecule has 0 saturated carbocycles. The van der Waals surface area contributed by atoms with Gasteiger partial charge in [-0.1, -0.05) is 54.2 Å². The first-order valence-corrected chi connectivity index (χ1v) is 9.89. The van der Waals surface area contributed by atoms with E-state index in [9.17, 15) is 0 Å². The number of para-hydroxylation sites is 2. The first-order valence-electron chi connectivity index (χ1n) is 8.91. The molecular weight excluding hydrogens is 368 g/mol. The Morgan fingerprint density at radius 2 is 1.68 bits per heavy atom. The molecule has 6 heteroatoms. The molecule has 0 unspecified atom stereocenters. The van der Waals surface area contributed by atoms with Gasteiger partial charge in [-0.15, -0.1) is 10.2 Å². The zero-order valence-electron chi connectivity index (χ0n) is 14.9. The highest BCUT2D eigenvalue weighted by molar-refractivity contribution is 7.98. The average Bonchev–Trinajstić information content (AvgIpc) is 3.42. The molecule has 0 amide bonds. The van der Waals surface area contributed by atoms with Crippen molar-refractivity contribution in [1.29, 1.82) is 0 Å². The summed E-state index contributed by atoms with van der Waals surface area (Å²) in [6, 6.07) is 26.1. The van der Waals surface area contributed by atoms with Crippen LogP contribution in [0.1, 0.15) is 5.69 Å². The summed E-state index contributed by atoms with van der Waals surface area (Å²) in [4.78, 5) is 4.75. The largest absolute Gasteiger partial charge is 0.461 e. The molecule has 0 spiro atoms. The molecule has 28 heavy (non-hydrogen) atoms. The Bertz CT molecular complexity index is 1220. The van der Waals surface area contributed by atoms with Crippen LogP contribution in [-0.4, -0.2) is 19.7 Å². The van der Waals surface area contributed by atoms with E-state index < -0.39 is 0 Å². The van der Waals surface area contributed by atoms with E-state index in [0.29, 0.717) is 17.3 Å². The lowest BCUT2D eigenvalue weighted by Gasteiger charge is -2.09. The van der Waals surface area contributed by atoms with Gasteiger partial charge in [0.25, 0.3) is 0 Å². The fraction of sp³-hybridized carbons (Fsp3) is 0.0455. The van der Waals surface area contributed by atoms with Crippen molar-refractivity contribution in [3.8, 4) is 17.3 Å². The van der Waals surface area contributed by atoms with Crippen molar-refractivity contribution in [3.05, 3.63) is 90.8 Å². The second-order valence-electron chi connectivity index (χ2n) is 6.24. The highest BCUT2D eigenvalue weighted by Gasteiger charge is 2.18. The Labute approximate surface area is 166 Å². The third-order valence-electron chi connectivity index (χ3n) is 4.39. The molecule has 5 aromatic rings. The normalized spacial score (nSPS) is 11.1. The lowest BCUT2D eigenvalue weighted by molar-refractivity contribution is 0.575. The third kappa shape index (κ3) is 3.18. The van der Waals surface area contributed by atoms with Crippen LogP contribution in [0.5, 0.6) is 0 Å². The van der Waals surface area contributed by atoms with Gasteiger partial charge in [-0.3, -0.25) is 9.55 Å². The Kier molecular flexibility index (Phi) is 4.39. The number of furan rings is 1. The number of hydrogen-bond acceptors (Lipinski definition) is 5. The van der Waals surface area contributed by atoms with Crippen molar-refractivity contribution in [2.24, 2.45) is 0 Å². The summed E-state index contributed by atoms with van der Waals surface area (Å²) in [6.07, 6.45) is 1.64. The van der Waals surface area contributed by atoms with Gasteiger partial charge in [0, 0.05) is 16.8 Å². The van der Waals surface area contributed by atoms with Crippen molar-refractivity contribution in [2.45, 2.75) is 10.9 Å². The molecule has 3 aromatic heterocycles. The molecule has 0 atom stereocenters. The number of nitrogens with zero attached hydrogens (tertiary/aromatic N) is 4. The lowest BCUT2D eigenvalue weighted by atomic mass is 10.2. The summed E-state index contributed by atoms with van der Waals surface area (Å²) in [7, 11) is 0. The van der Waals surface area contributed by atoms with E-state index in [4.69, 9.17) is 9.40 Å². The molecule has 136 valence electrons. The first kappa shape index (κ1) is 16.8. The minimum Gasteiger partial charge on any atom is -0.461 e. The number of fused-ring (bicyclic) bond motifs is 1. The molecule has 0 aliphatic heterocycles. The molecule has 0 fully saturated rings. The van der Waals surface area contributed by atoms with Crippen molar-refractivity contribution in [3.63, 3.8) is 0 Å². The minimum absolute atomic E-state index is 0.685. The maximum Gasteiger partial charge on any atom is 0.205 e. The van der Waals surface area contributed by atoms with E-state index >= 15 is 0 Å². The topological polar surface area (TPSA) is 56.7 Å². The molecule has 0 radical (unpaired) electrons. The van der Waals surface area contributed by atoms with Gasteiger partial charge in [0.05, 0.1) is 17.5 Å². The van der Waals surface area contributed by atoms with E-state index in [1.165, 1.54) is 0 Å². The van der Waals surface area contributed by atoms with Crippen molar-refractivity contribution < 1.29 is 4.42 Å². The standard InChI is InChI=1S/C22H16N4OS/c1-2-8-18(9-3-1)26-21(20-11-6-14-27-20)24-25-22(26)28-15-17-13-12-16-7-4-5-10-19(16)23-17/h1-14H,15H2. The fourth-order valence-corrected chi connectivity index (χ4v) is 3.92. The molecule has 2 aromatic carbocycles. The molecule has 5 rings (SSSR count). The predicted octanol–water partition coefficient (Wildman–Crippen LogP) is 5.37. The lowest BCUT2D eigenvalue weighted by Crippen LogP contribution is -1.99. The summed E-state index contributed by atoms with van der Waals surface area (Å²) in [6.45, 7) is 0.